The largest absolute Gasteiger partial charge is 0.493 e. The first-order valence-electron chi connectivity index (χ1n) is 9.39. The Morgan fingerprint density at radius 3 is 2.48 bits per heavy atom. The second-order valence-electron chi connectivity index (χ2n) is 6.22. The van der Waals surface area contributed by atoms with Crippen molar-refractivity contribution in [1.82, 2.24) is 5.32 Å². The smallest absolute Gasteiger partial charge is 0.196 e. The number of hydrogen-bond acceptors (Lipinski definition) is 5. The van der Waals surface area contributed by atoms with Gasteiger partial charge >= 0.3 is 0 Å². The number of guanidine groups is 1. The monoisotopic (exact) mass is 513 g/mol. The fourth-order valence-corrected chi connectivity index (χ4v) is 2.83. The van der Waals surface area contributed by atoms with Gasteiger partial charge < -0.3 is 29.6 Å². The number of ether oxygens (including phenoxy) is 4. The van der Waals surface area contributed by atoms with Gasteiger partial charge in [-0.2, -0.15) is 0 Å². The van der Waals surface area contributed by atoms with Crippen molar-refractivity contribution in [2.24, 2.45) is 4.99 Å². The van der Waals surface area contributed by atoms with Crippen LogP contribution in [-0.2, 0) is 6.54 Å². The van der Waals surface area contributed by atoms with Gasteiger partial charge in [-0.05, 0) is 36.8 Å². The molecule has 1 heterocycles. The third-order valence-electron chi connectivity index (χ3n) is 4.22. The molecular formula is C21H28IN3O4. The van der Waals surface area contributed by atoms with Crippen molar-refractivity contribution in [2.45, 2.75) is 19.9 Å². The molecule has 0 bridgehead atoms. The zero-order valence-electron chi connectivity index (χ0n) is 17.0. The maximum atomic E-state index is 5.76. The van der Waals surface area contributed by atoms with Crippen molar-refractivity contribution in [3.05, 3.63) is 42.0 Å². The molecule has 0 unspecified atom stereocenters. The molecule has 0 atom stereocenters. The van der Waals surface area contributed by atoms with Crippen molar-refractivity contribution in [2.75, 3.05) is 39.3 Å². The van der Waals surface area contributed by atoms with Crippen LogP contribution in [0.1, 0.15) is 18.9 Å². The van der Waals surface area contributed by atoms with Crippen LogP contribution in [0.4, 0.5) is 5.69 Å². The standard InChI is InChI=1S/C21H27N3O4.HI/c1-4-22-21(24-16-7-9-17(25-2)19(13-16)26-3)23-14-15-6-8-18-20(12-15)28-11-5-10-27-18;/h6-9,12-13H,4-5,10-11,14H2,1-3H3,(H2,22,23,24);1H. The highest BCUT2D eigenvalue weighted by Gasteiger charge is 2.11. The van der Waals surface area contributed by atoms with Crippen molar-refractivity contribution < 1.29 is 18.9 Å². The van der Waals surface area contributed by atoms with E-state index in [2.05, 4.69) is 15.6 Å². The lowest BCUT2D eigenvalue weighted by atomic mass is 10.2. The maximum Gasteiger partial charge on any atom is 0.196 e. The first kappa shape index (κ1) is 22.9. The molecule has 0 saturated carbocycles. The van der Waals surface area contributed by atoms with E-state index in [0.717, 1.165) is 35.7 Å². The van der Waals surface area contributed by atoms with E-state index in [1.165, 1.54) is 0 Å². The number of rotatable bonds is 6. The molecule has 0 fully saturated rings. The summed E-state index contributed by atoms with van der Waals surface area (Å²) in [6.45, 7) is 4.65. The Labute approximate surface area is 188 Å². The molecule has 0 aromatic heterocycles. The topological polar surface area (TPSA) is 73.3 Å². The average molecular weight is 513 g/mol. The van der Waals surface area contributed by atoms with Crippen molar-refractivity contribution in [1.29, 1.82) is 0 Å². The van der Waals surface area contributed by atoms with Crippen molar-refractivity contribution >= 4 is 35.6 Å². The molecule has 2 aromatic carbocycles. The van der Waals surface area contributed by atoms with Gasteiger partial charge in [0.15, 0.2) is 29.0 Å². The molecule has 0 spiro atoms. The summed E-state index contributed by atoms with van der Waals surface area (Å²) in [5.41, 5.74) is 1.91. The van der Waals surface area contributed by atoms with Gasteiger partial charge in [0.2, 0.25) is 0 Å². The van der Waals surface area contributed by atoms with Gasteiger partial charge in [-0.3, -0.25) is 0 Å². The molecule has 0 saturated heterocycles. The quantitative estimate of drug-likeness (QED) is 0.345. The van der Waals surface area contributed by atoms with Gasteiger partial charge in [-0.25, -0.2) is 4.99 Å². The van der Waals surface area contributed by atoms with Crippen LogP contribution in [0.2, 0.25) is 0 Å². The molecule has 2 aromatic rings. The predicted octanol–water partition coefficient (Wildman–Crippen LogP) is 4.06. The molecule has 3 rings (SSSR count). The highest BCUT2D eigenvalue weighted by atomic mass is 127. The molecule has 158 valence electrons. The zero-order valence-corrected chi connectivity index (χ0v) is 19.3. The number of hydrogen-bond donors (Lipinski definition) is 2. The number of benzene rings is 2. The summed E-state index contributed by atoms with van der Waals surface area (Å²) >= 11 is 0. The summed E-state index contributed by atoms with van der Waals surface area (Å²) in [5, 5.41) is 6.55. The Morgan fingerprint density at radius 1 is 1.00 bits per heavy atom. The molecule has 0 amide bonds. The normalized spacial score (nSPS) is 13.0. The summed E-state index contributed by atoms with van der Waals surface area (Å²) in [5.74, 6) is 3.60. The minimum absolute atomic E-state index is 0. The summed E-state index contributed by atoms with van der Waals surface area (Å²) in [6.07, 6.45) is 0.891. The van der Waals surface area contributed by atoms with Crippen LogP contribution < -0.4 is 29.6 Å². The first-order chi connectivity index (χ1) is 13.7. The molecule has 1 aliphatic rings. The SMILES string of the molecule is CCNC(=NCc1ccc2c(c1)OCCCO2)Nc1ccc(OC)c(OC)c1.I. The first-order valence-corrected chi connectivity index (χ1v) is 9.39. The van der Waals surface area contributed by atoms with Crippen LogP contribution in [0.3, 0.4) is 0 Å². The molecule has 8 heteroatoms. The lowest BCUT2D eigenvalue weighted by Crippen LogP contribution is -2.30. The highest BCUT2D eigenvalue weighted by Crippen LogP contribution is 2.31. The number of nitrogens with zero attached hydrogens (tertiary/aromatic N) is 1. The maximum absolute atomic E-state index is 5.76. The van der Waals surface area contributed by atoms with Crippen molar-refractivity contribution in [3.63, 3.8) is 0 Å². The molecule has 29 heavy (non-hydrogen) atoms. The molecule has 0 radical (unpaired) electrons. The van der Waals surface area contributed by atoms with E-state index < -0.39 is 0 Å². The van der Waals surface area contributed by atoms with E-state index >= 15 is 0 Å². The number of nitrogens with one attached hydrogen (secondary N) is 2. The third-order valence-corrected chi connectivity index (χ3v) is 4.22. The van der Waals surface area contributed by atoms with E-state index in [-0.39, 0.29) is 24.0 Å². The van der Waals surface area contributed by atoms with Crippen LogP contribution in [0.5, 0.6) is 23.0 Å². The summed E-state index contributed by atoms with van der Waals surface area (Å²) in [6, 6.07) is 11.6. The van der Waals surface area contributed by atoms with E-state index in [1.807, 2.05) is 43.3 Å². The number of fused-ring (bicyclic) bond motifs is 1. The Balaban J connectivity index is 0.00000300. The second kappa shape index (κ2) is 11.6. The van der Waals surface area contributed by atoms with Gasteiger partial charge in [0.1, 0.15) is 0 Å². The van der Waals surface area contributed by atoms with Crippen LogP contribution in [0, 0.1) is 0 Å². The number of aliphatic imine (C=N–C) groups is 1. The predicted molar refractivity (Wildman–Crippen MR) is 125 cm³/mol. The third kappa shape index (κ3) is 6.31. The lowest BCUT2D eigenvalue weighted by Gasteiger charge is -2.14. The minimum atomic E-state index is 0. The number of halogens is 1. The Kier molecular flexibility index (Phi) is 9.17. The molecular weight excluding hydrogens is 485 g/mol. The van der Waals surface area contributed by atoms with Gasteiger partial charge in [0, 0.05) is 24.7 Å². The Hall–Kier alpha value is -2.36. The van der Waals surface area contributed by atoms with Gasteiger partial charge in [-0.15, -0.1) is 24.0 Å². The lowest BCUT2D eigenvalue weighted by molar-refractivity contribution is 0.297. The highest BCUT2D eigenvalue weighted by molar-refractivity contribution is 14.0. The van der Waals surface area contributed by atoms with E-state index in [9.17, 15) is 0 Å². The van der Waals surface area contributed by atoms with Crippen LogP contribution in [0.25, 0.3) is 0 Å². The van der Waals surface area contributed by atoms with E-state index in [4.69, 9.17) is 18.9 Å². The second-order valence-corrected chi connectivity index (χ2v) is 6.22. The van der Waals surface area contributed by atoms with Crippen molar-refractivity contribution in [3.8, 4) is 23.0 Å². The average Bonchev–Trinajstić information content (AvgIpc) is 2.97. The van der Waals surface area contributed by atoms with Gasteiger partial charge in [0.05, 0.1) is 34.0 Å². The molecule has 2 N–H and O–H groups in total. The van der Waals surface area contributed by atoms with E-state index in [0.29, 0.717) is 37.2 Å². The summed E-state index contributed by atoms with van der Waals surface area (Å²) in [7, 11) is 3.23. The molecule has 7 nitrogen and oxygen atoms in total. The van der Waals surface area contributed by atoms with Crippen LogP contribution in [0.15, 0.2) is 41.4 Å². The van der Waals surface area contributed by atoms with Crippen LogP contribution in [-0.4, -0.2) is 39.9 Å². The zero-order chi connectivity index (χ0) is 19.8. The Morgan fingerprint density at radius 2 is 1.76 bits per heavy atom. The van der Waals surface area contributed by atoms with E-state index in [1.54, 1.807) is 14.2 Å². The number of anilines is 1. The number of methoxy groups -OCH3 is 2. The molecule has 0 aliphatic carbocycles. The minimum Gasteiger partial charge on any atom is -0.493 e. The van der Waals surface area contributed by atoms with Crippen LogP contribution >= 0.6 is 24.0 Å². The molecule has 1 aliphatic heterocycles. The van der Waals surface area contributed by atoms with Gasteiger partial charge in [0.25, 0.3) is 0 Å². The fraction of sp³-hybridized carbons (Fsp3) is 0.381. The summed E-state index contributed by atoms with van der Waals surface area (Å²) < 4.78 is 22.1. The summed E-state index contributed by atoms with van der Waals surface area (Å²) in [4.78, 5) is 4.68. The Bertz CT molecular complexity index is 830. The fourth-order valence-electron chi connectivity index (χ4n) is 2.83. The van der Waals surface area contributed by atoms with Gasteiger partial charge in [-0.1, -0.05) is 6.07 Å².